The molecule has 0 radical (unpaired) electrons. The van der Waals surface area contributed by atoms with Crippen LogP contribution < -0.4 is 21.1 Å². The summed E-state index contributed by atoms with van der Waals surface area (Å²) in [6.07, 6.45) is 0.459. The van der Waals surface area contributed by atoms with Crippen molar-refractivity contribution in [1.82, 2.24) is 15.5 Å². The largest absolute Gasteiger partial charge is 0.491 e. The molecule has 0 aromatic heterocycles. The van der Waals surface area contributed by atoms with Gasteiger partial charge in [-0.25, -0.2) is 0 Å². The van der Waals surface area contributed by atoms with Crippen molar-refractivity contribution in [1.29, 1.82) is 5.41 Å². The second kappa shape index (κ2) is 12.1. The Hall–Kier alpha value is -3.14. The molecule has 204 valence electrons. The molecule has 1 saturated heterocycles. The van der Waals surface area contributed by atoms with E-state index in [-0.39, 0.29) is 44.2 Å². The van der Waals surface area contributed by atoms with Crippen LogP contribution in [0.15, 0.2) is 48.5 Å². The van der Waals surface area contributed by atoms with Gasteiger partial charge in [-0.3, -0.25) is 14.4 Å². The number of carbonyl (C=O) groups is 3. The maximum absolute atomic E-state index is 13.8. The van der Waals surface area contributed by atoms with Crippen molar-refractivity contribution in [3.63, 3.8) is 0 Å². The van der Waals surface area contributed by atoms with Gasteiger partial charge in [0, 0.05) is 42.3 Å². The summed E-state index contributed by atoms with van der Waals surface area (Å²) in [5.74, 6) is -1.03. The molecule has 2 aromatic rings. The van der Waals surface area contributed by atoms with Crippen molar-refractivity contribution in [2.24, 2.45) is 11.1 Å². The molecule has 1 aliphatic rings. The first-order valence-electron chi connectivity index (χ1n) is 12.2. The van der Waals surface area contributed by atoms with Crippen molar-refractivity contribution >= 4 is 46.6 Å². The van der Waals surface area contributed by atoms with Crippen LogP contribution in [-0.4, -0.2) is 66.7 Å². The molecule has 0 bridgehead atoms. The Labute approximate surface area is 232 Å². The number of hydrogen-bond donors (Lipinski definition) is 4. The minimum absolute atomic E-state index is 0.0272. The SMILES string of the molecule is CNC(=O)[C@]1(Cc2ccccc2)CN(C(=O)[C@@H](COc2cc(Cl)cc(Cl)c2)NC(=O)C(C)(C)N)CCC1=N. The Kier molecular flexibility index (Phi) is 9.40. The lowest BCUT2D eigenvalue weighted by molar-refractivity contribution is -0.141. The molecule has 2 aromatic carbocycles. The first-order chi connectivity index (χ1) is 17.9. The lowest BCUT2D eigenvalue weighted by atomic mass is 9.72. The molecule has 5 N–H and O–H groups in total. The van der Waals surface area contributed by atoms with E-state index in [1.807, 2.05) is 30.3 Å². The fourth-order valence-electron chi connectivity index (χ4n) is 4.34. The van der Waals surface area contributed by atoms with Gasteiger partial charge < -0.3 is 31.4 Å². The highest BCUT2D eigenvalue weighted by atomic mass is 35.5. The summed E-state index contributed by atoms with van der Waals surface area (Å²) in [6.45, 7) is 3.02. The van der Waals surface area contributed by atoms with Gasteiger partial charge in [0.05, 0.1) is 5.54 Å². The molecule has 1 heterocycles. The Bertz CT molecular complexity index is 1170. The molecule has 0 saturated carbocycles. The summed E-state index contributed by atoms with van der Waals surface area (Å²) in [6, 6.07) is 12.9. The average molecular weight is 562 g/mol. The minimum Gasteiger partial charge on any atom is -0.491 e. The second-order valence-electron chi connectivity index (χ2n) is 9.98. The van der Waals surface area contributed by atoms with E-state index in [2.05, 4.69) is 10.6 Å². The lowest BCUT2D eigenvalue weighted by Crippen LogP contribution is -2.63. The van der Waals surface area contributed by atoms with E-state index >= 15 is 0 Å². The lowest BCUT2D eigenvalue weighted by Gasteiger charge is -2.43. The molecule has 2 atom stereocenters. The first-order valence-corrected chi connectivity index (χ1v) is 12.9. The number of nitrogens with one attached hydrogen (secondary N) is 3. The molecular formula is C27H33Cl2N5O4. The molecule has 0 spiro atoms. The number of amides is 3. The monoisotopic (exact) mass is 561 g/mol. The topological polar surface area (TPSA) is 138 Å². The number of carbonyl (C=O) groups excluding carboxylic acids is 3. The number of piperidine rings is 1. The van der Waals surface area contributed by atoms with Crippen molar-refractivity contribution in [2.75, 3.05) is 26.7 Å². The van der Waals surface area contributed by atoms with Crippen LogP contribution in [0.4, 0.5) is 0 Å². The maximum Gasteiger partial charge on any atom is 0.248 e. The predicted octanol–water partition coefficient (Wildman–Crippen LogP) is 2.82. The minimum atomic E-state index is -1.26. The summed E-state index contributed by atoms with van der Waals surface area (Å²) >= 11 is 12.1. The molecule has 11 heteroatoms. The Morgan fingerprint density at radius 3 is 2.37 bits per heavy atom. The van der Waals surface area contributed by atoms with Crippen LogP contribution in [0.1, 0.15) is 25.8 Å². The normalized spacial score (nSPS) is 18.5. The molecule has 3 rings (SSSR count). The smallest absolute Gasteiger partial charge is 0.248 e. The van der Waals surface area contributed by atoms with E-state index in [0.29, 0.717) is 15.8 Å². The zero-order chi connectivity index (χ0) is 28.1. The number of nitrogens with zero attached hydrogens (tertiary/aromatic N) is 1. The van der Waals surface area contributed by atoms with E-state index in [4.69, 9.17) is 39.1 Å². The van der Waals surface area contributed by atoms with Crippen LogP contribution >= 0.6 is 23.2 Å². The Balaban J connectivity index is 1.89. The molecule has 0 aliphatic carbocycles. The molecule has 1 fully saturated rings. The highest BCUT2D eigenvalue weighted by molar-refractivity contribution is 6.34. The summed E-state index contributed by atoms with van der Waals surface area (Å²) in [4.78, 5) is 41.3. The van der Waals surface area contributed by atoms with Gasteiger partial charge in [0.25, 0.3) is 0 Å². The third kappa shape index (κ3) is 7.03. The highest BCUT2D eigenvalue weighted by Gasteiger charge is 2.48. The van der Waals surface area contributed by atoms with Gasteiger partial charge in [-0.15, -0.1) is 0 Å². The predicted molar refractivity (Wildman–Crippen MR) is 148 cm³/mol. The summed E-state index contributed by atoms with van der Waals surface area (Å²) < 4.78 is 5.80. The van der Waals surface area contributed by atoms with Crippen molar-refractivity contribution in [3.8, 4) is 5.75 Å². The molecule has 9 nitrogen and oxygen atoms in total. The summed E-state index contributed by atoms with van der Waals surface area (Å²) in [5, 5.41) is 14.8. The van der Waals surface area contributed by atoms with Crippen molar-refractivity contribution < 1.29 is 19.1 Å². The van der Waals surface area contributed by atoms with Crippen LogP contribution in [0, 0.1) is 10.8 Å². The fourth-order valence-corrected chi connectivity index (χ4v) is 4.85. The van der Waals surface area contributed by atoms with Gasteiger partial charge in [-0.2, -0.15) is 0 Å². The van der Waals surface area contributed by atoms with Crippen molar-refractivity contribution in [2.45, 2.75) is 38.3 Å². The fraction of sp³-hybridized carbons (Fsp3) is 0.407. The van der Waals surface area contributed by atoms with E-state index < -0.39 is 28.8 Å². The van der Waals surface area contributed by atoms with E-state index in [1.165, 1.54) is 25.8 Å². The van der Waals surface area contributed by atoms with Gasteiger partial charge in [0.1, 0.15) is 23.8 Å². The Morgan fingerprint density at radius 2 is 1.79 bits per heavy atom. The van der Waals surface area contributed by atoms with Crippen LogP contribution in [0.2, 0.25) is 10.0 Å². The zero-order valence-electron chi connectivity index (χ0n) is 21.6. The first kappa shape index (κ1) is 29.4. The number of nitrogens with two attached hydrogens (primary N) is 1. The van der Waals surface area contributed by atoms with Crippen molar-refractivity contribution in [3.05, 3.63) is 64.1 Å². The molecular weight excluding hydrogens is 529 g/mol. The van der Waals surface area contributed by atoms with Gasteiger partial charge in [-0.1, -0.05) is 53.5 Å². The quantitative estimate of drug-likeness (QED) is 0.373. The number of rotatable bonds is 9. The Morgan fingerprint density at radius 1 is 1.16 bits per heavy atom. The number of halogens is 2. The van der Waals surface area contributed by atoms with Crippen LogP contribution in [0.3, 0.4) is 0 Å². The number of ether oxygens (including phenoxy) is 1. The third-order valence-corrected chi connectivity index (χ3v) is 6.87. The highest BCUT2D eigenvalue weighted by Crippen LogP contribution is 2.32. The van der Waals surface area contributed by atoms with Gasteiger partial charge in [0.2, 0.25) is 17.7 Å². The summed E-state index contributed by atoms with van der Waals surface area (Å²) in [5.41, 5.74) is 4.57. The van der Waals surface area contributed by atoms with Crippen LogP contribution in [0.25, 0.3) is 0 Å². The number of hydrogen-bond acceptors (Lipinski definition) is 6. The maximum atomic E-state index is 13.8. The van der Waals surface area contributed by atoms with E-state index in [1.54, 1.807) is 18.2 Å². The van der Waals surface area contributed by atoms with Crippen LogP contribution in [0.5, 0.6) is 5.75 Å². The standard InChI is InChI=1S/C27H33Cl2N5O4/c1-26(2,31)24(36)33-21(15-38-20-12-18(28)11-19(29)13-20)23(35)34-10-9-22(30)27(16-34,25(37)32-3)14-17-7-5-4-6-8-17/h4-8,11-13,21,30H,9-10,14-16,31H2,1-3H3,(H,32,37)(H,33,36)/t21-,27-/m1/s1. The number of likely N-dealkylation sites (tertiary alicyclic amines) is 1. The van der Waals surface area contributed by atoms with Gasteiger partial charge in [0.15, 0.2) is 0 Å². The average Bonchev–Trinajstić information content (AvgIpc) is 2.86. The van der Waals surface area contributed by atoms with Gasteiger partial charge in [-0.05, 0) is 44.0 Å². The second-order valence-corrected chi connectivity index (χ2v) is 10.8. The third-order valence-electron chi connectivity index (χ3n) is 6.43. The van der Waals surface area contributed by atoms with Crippen LogP contribution in [-0.2, 0) is 20.8 Å². The molecule has 0 unspecified atom stereocenters. The molecule has 38 heavy (non-hydrogen) atoms. The van der Waals surface area contributed by atoms with E-state index in [9.17, 15) is 14.4 Å². The van der Waals surface area contributed by atoms with E-state index in [0.717, 1.165) is 5.56 Å². The summed E-state index contributed by atoms with van der Waals surface area (Å²) in [7, 11) is 1.51. The van der Waals surface area contributed by atoms with Gasteiger partial charge >= 0.3 is 0 Å². The number of benzene rings is 2. The zero-order valence-corrected chi connectivity index (χ0v) is 23.2. The molecule has 3 amide bonds. The molecule has 1 aliphatic heterocycles.